The molecule has 0 aliphatic carbocycles. The monoisotopic (exact) mass is 754 g/mol. The van der Waals surface area contributed by atoms with Crippen molar-refractivity contribution in [2.75, 3.05) is 52.6 Å². The fraction of sp³-hybridized carbons (Fsp3) is 0.343. The number of ether oxygens (including phenoxy) is 3. The molecule has 3 aromatic carbocycles. The average molecular weight is 755 g/mol. The molecule has 16 heteroatoms. The molecule has 0 spiro atoms. The highest BCUT2D eigenvalue weighted by Crippen LogP contribution is 2.40. The molecule has 2 saturated heterocycles. The number of alkyl halides is 6. The molecule has 2 heterocycles. The number of hydrogen-bond donors (Lipinski definition) is 1. The van der Waals surface area contributed by atoms with E-state index >= 15 is 0 Å². The van der Waals surface area contributed by atoms with E-state index in [0.717, 1.165) is 11.8 Å². The third-order valence-corrected chi connectivity index (χ3v) is 9.29. The largest absolute Gasteiger partial charge is 0.494 e. The fourth-order valence-corrected chi connectivity index (χ4v) is 6.67. The molecule has 5 rings (SSSR count). The van der Waals surface area contributed by atoms with Gasteiger partial charge in [0.15, 0.2) is 0 Å². The van der Waals surface area contributed by atoms with E-state index in [4.69, 9.17) is 31.5 Å². The van der Waals surface area contributed by atoms with Crippen molar-refractivity contribution in [2.45, 2.75) is 25.2 Å². The highest BCUT2D eigenvalue weighted by atomic mass is 32.2. The van der Waals surface area contributed by atoms with Crippen LogP contribution in [0.25, 0.3) is 17.2 Å². The molecule has 2 fully saturated rings. The summed E-state index contributed by atoms with van der Waals surface area (Å²) < 4.78 is 99.2. The fourth-order valence-electron chi connectivity index (χ4n) is 5.37. The Labute approximate surface area is 299 Å². The molecule has 3 aromatic rings. The van der Waals surface area contributed by atoms with Gasteiger partial charge in [0, 0.05) is 31.7 Å². The number of amides is 1. The molecule has 0 radical (unpaired) electrons. The molecule has 2 aliphatic rings. The molecule has 0 saturated carbocycles. The van der Waals surface area contributed by atoms with E-state index in [1.807, 2.05) is 0 Å². The van der Waals surface area contributed by atoms with Crippen molar-refractivity contribution in [1.82, 2.24) is 9.80 Å². The van der Waals surface area contributed by atoms with Crippen molar-refractivity contribution in [3.05, 3.63) is 87.8 Å². The third-order valence-electron chi connectivity index (χ3n) is 7.91. The van der Waals surface area contributed by atoms with Gasteiger partial charge in [0.05, 0.1) is 42.3 Å². The third kappa shape index (κ3) is 10.5. The zero-order chi connectivity index (χ0) is 36.8. The first-order valence-electron chi connectivity index (χ1n) is 15.7. The van der Waals surface area contributed by atoms with Crippen molar-refractivity contribution >= 4 is 46.3 Å². The van der Waals surface area contributed by atoms with Gasteiger partial charge in [-0.1, -0.05) is 42.2 Å². The normalized spacial score (nSPS) is 16.6. The Balaban J connectivity index is 1.36. The number of carboxylic acid groups (broad SMARTS) is 1. The SMILES string of the molecule is O=C(O)Cc1cccc(OCCCN2C(=O)C(=Cc3cc(-c4cc(C(F)(F)F)cc(C(F)(F)F)c4)ccc3OCCN3CCOCC3)SC2=S)c1. The van der Waals surface area contributed by atoms with Crippen molar-refractivity contribution in [3.63, 3.8) is 0 Å². The molecule has 1 amide bonds. The lowest BCUT2D eigenvalue weighted by molar-refractivity contribution is -0.143. The van der Waals surface area contributed by atoms with Crippen LogP contribution in [0.5, 0.6) is 11.5 Å². The maximum Gasteiger partial charge on any atom is 0.416 e. The highest BCUT2D eigenvalue weighted by Gasteiger charge is 2.37. The van der Waals surface area contributed by atoms with E-state index < -0.39 is 35.4 Å². The van der Waals surface area contributed by atoms with Gasteiger partial charge >= 0.3 is 18.3 Å². The van der Waals surface area contributed by atoms with E-state index in [1.54, 1.807) is 24.3 Å². The number of halogens is 6. The van der Waals surface area contributed by atoms with Gasteiger partial charge in [-0.05, 0) is 71.7 Å². The Morgan fingerprint density at radius 1 is 0.902 bits per heavy atom. The lowest BCUT2D eigenvalue weighted by Gasteiger charge is -2.26. The molecular formula is C35H32F6N2O6S2. The predicted molar refractivity (Wildman–Crippen MR) is 182 cm³/mol. The Morgan fingerprint density at radius 3 is 2.27 bits per heavy atom. The summed E-state index contributed by atoms with van der Waals surface area (Å²) >= 11 is 6.46. The molecule has 0 aromatic heterocycles. The summed E-state index contributed by atoms with van der Waals surface area (Å²) in [5.74, 6) is -0.655. The minimum Gasteiger partial charge on any atom is -0.494 e. The number of carbonyl (C=O) groups is 2. The summed E-state index contributed by atoms with van der Waals surface area (Å²) in [5.41, 5.74) is -2.31. The Morgan fingerprint density at radius 2 is 1.61 bits per heavy atom. The maximum absolute atomic E-state index is 13.6. The van der Waals surface area contributed by atoms with Crippen molar-refractivity contribution in [3.8, 4) is 22.6 Å². The second kappa shape index (κ2) is 16.5. The second-order valence-corrected chi connectivity index (χ2v) is 13.3. The van der Waals surface area contributed by atoms with Crippen molar-refractivity contribution in [2.24, 2.45) is 0 Å². The zero-order valence-electron chi connectivity index (χ0n) is 26.9. The molecule has 0 bridgehead atoms. The van der Waals surface area contributed by atoms with Crippen molar-refractivity contribution in [1.29, 1.82) is 0 Å². The first-order chi connectivity index (χ1) is 24.2. The van der Waals surface area contributed by atoms with E-state index in [-0.39, 0.29) is 63.9 Å². The number of benzene rings is 3. The lowest BCUT2D eigenvalue weighted by Crippen LogP contribution is -2.38. The van der Waals surface area contributed by atoms with Gasteiger partial charge < -0.3 is 19.3 Å². The summed E-state index contributed by atoms with van der Waals surface area (Å²) in [6, 6.07) is 12.2. The molecule has 8 nitrogen and oxygen atoms in total. The predicted octanol–water partition coefficient (Wildman–Crippen LogP) is 7.40. The smallest absolute Gasteiger partial charge is 0.416 e. The molecule has 1 N–H and O–H groups in total. The van der Waals surface area contributed by atoms with Crippen LogP contribution in [0.2, 0.25) is 0 Å². The van der Waals surface area contributed by atoms with Gasteiger partial charge in [0.1, 0.15) is 22.4 Å². The molecular weight excluding hydrogens is 723 g/mol. The van der Waals surface area contributed by atoms with E-state index in [1.165, 1.54) is 29.2 Å². The van der Waals surface area contributed by atoms with Crippen LogP contribution in [-0.4, -0.2) is 83.7 Å². The van der Waals surface area contributed by atoms with Crippen LogP contribution >= 0.6 is 24.0 Å². The highest BCUT2D eigenvalue weighted by molar-refractivity contribution is 8.26. The minimum absolute atomic E-state index is 0.0541. The number of hydrogen-bond acceptors (Lipinski definition) is 8. The summed E-state index contributed by atoms with van der Waals surface area (Å²) in [6.45, 7) is 3.73. The number of thioether (sulfide) groups is 1. The zero-order valence-corrected chi connectivity index (χ0v) is 28.5. The van der Waals surface area contributed by atoms with Crippen LogP contribution in [0, 0.1) is 0 Å². The summed E-state index contributed by atoms with van der Waals surface area (Å²) in [7, 11) is 0. The quantitative estimate of drug-likeness (QED) is 0.0831. The standard InChI is InChI=1S/C35H32F6N2O6S2/c36-34(37,38)26-18-24(19-27(21-26)35(39,40)41)23-5-6-29(49-14-10-42-8-12-47-13-9-42)25(17-23)20-30-32(46)43(33(50)51-30)7-2-11-48-28-4-1-3-22(15-28)16-31(44)45/h1,3-6,15,17-21H,2,7-14,16H2,(H,44,45). The number of thiocarbonyl (C=S) groups is 1. The number of nitrogens with zero attached hydrogens (tertiary/aromatic N) is 2. The Bertz CT molecular complexity index is 1760. The van der Waals surface area contributed by atoms with Gasteiger partial charge in [-0.15, -0.1) is 0 Å². The second-order valence-electron chi connectivity index (χ2n) is 11.6. The van der Waals surface area contributed by atoms with Crippen LogP contribution in [0.3, 0.4) is 0 Å². The Hall–Kier alpha value is -4.12. The van der Waals surface area contributed by atoms with Gasteiger partial charge in [-0.25, -0.2) is 0 Å². The average Bonchev–Trinajstić information content (AvgIpc) is 3.34. The number of carbonyl (C=O) groups excluding carboxylic acids is 1. The summed E-state index contributed by atoms with van der Waals surface area (Å²) in [5, 5.41) is 9.01. The molecule has 272 valence electrons. The van der Waals surface area contributed by atoms with Gasteiger partial charge in [-0.2, -0.15) is 26.3 Å². The van der Waals surface area contributed by atoms with Gasteiger partial charge in [-0.3, -0.25) is 19.4 Å². The minimum atomic E-state index is -5.02. The van der Waals surface area contributed by atoms with Gasteiger partial charge in [0.2, 0.25) is 0 Å². The summed E-state index contributed by atoms with van der Waals surface area (Å²) in [4.78, 5) is 28.2. The number of rotatable bonds is 13. The first kappa shape index (κ1) is 38.1. The van der Waals surface area contributed by atoms with E-state index in [0.29, 0.717) is 62.7 Å². The van der Waals surface area contributed by atoms with Gasteiger partial charge in [0.25, 0.3) is 5.91 Å². The van der Waals surface area contributed by atoms with Crippen LogP contribution in [0.4, 0.5) is 26.3 Å². The lowest BCUT2D eigenvalue weighted by atomic mass is 9.97. The molecule has 0 atom stereocenters. The van der Waals surface area contributed by atoms with Crippen LogP contribution in [-0.2, 0) is 33.1 Å². The van der Waals surface area contributed by atoms with E-state index in [2.05, 4.69) is 4.90 Å². The topological polar surface area (TPSA) is 88.5 Å². The Kier molecular flexibility index (Phi) is 12.3. The first-order valence-corrected chi connectivity index (χ1v) is 17.0. The summed E-state index contributed by atoms with van der Waals surface area (Å²) in [6.07, 6.45) is -8.35. The van der Waals surface area contributed by atoms with E-state index in [9.17, 15) is 35.9 Å². The number of carboxylic acids is 1. The molecule has 2 aliphatic heterocycles. The number of aliphatic carboxylic acids is 1. The van der Waals surface area contributed by atoms with Crippen LogP contribution in [0.1, 0.15) is 28.7 Å². The van der Waals surface area contributed by atoms with Crippen molar-refractivity contribution < 1.29 is 55.2 Å². The van der Waals surface area contributed by atoms with Crippen LogP contribution < -0.4 is 9.47 Å². The number of morpholine rings is 1. The van der Waals surface area contributed by atoms with Crippen LogP contribution in [0.15, 0.2) is 65.6 Å². The molecule has 51 heavy (non-hydrogen) atoms. The molecule has 0 unspecified atom stereocenters. The maximum atomic E-state index is 13.6.